The third-order valence-electron chi connectivity index (χ3n) is 5.70. The summed E-state index contributed by atoms with van der Waals surface area (Å²) in [6.07, 6.45) is 2.33. The summed E-state index contributed by atoms with van der Waals surface area (Å²) in [7, 11) is 0. The Balaban J connectivity index is 1.17. The molecule has 1 saturated heterocycles. The second kappa shape index (κ2) is 6.93. The van der Waals surface area contributed by atoms with Crippen molar-refractivity contribution >= 4 is 32.1 Å². The predicted octanol–water partition coefficient (Wildman–Crippen LogP) is 4.23. The van der Waals surface area contributed by atoms with E-state index in [1.165, 1.54) is 44.9 Å². The summed E-state index contributed by atoms with van der Waals surface area (Å²) < 4.78 is 1.40. The van der Waals surface area contributed by atoms with Crippen LogP contribution < -0.4 is 10.2 Å². The van der Waals surface area contributed by atoms with Gasteiger partial charge in [-0.3, -0.25) is 4.90 Å². The first-order chi connectivity index (χ1) is 12.8. The third-order valence-corrected chi connectivity index (χ3v) is 6.87. The SMILES string of the molecule is c1ccc2sc(N3CCN(CCc4ccc5c(c4)NCC5)CC3)cc2c1. The lowest BCUT2D eigenvalue weighted by Crippen LogP contribution is -2.46. The van der Waals surface area contributed by atoms with Gasteiger partial charge in [-0.05, 0) is 47.6 Å². The minimum absolute atomic E-state index is 1.10. The number of nitrogens with zero attached hydrogens (tertiary/aromatic N) is 2. The van der Waals surface area contributed by atoms with Crippen LogP contribution in [-0.2, 0) is 12.8 Å². The molecule has 3 nitrogen and oxygen atoms in total. The van der Waals surface area contributed by atoms with Gasteiger partial charge in [0.25, 0.3) is 0 Å². The zero-order chi connectivity index (χ0) is 17.3. The van der Waals surface area contributed by atoms with Crippen molar-refractivity contribution in [1.82, 2.24) is 4.90 Å². The van der Waals surface area contributed by atoms with Crippen molar-refractivity contribution in [1.29, 1.82) is 0 Å². The van der Waals surface area contributed by atoms with E-state index in [0.717, 1.165) is 39.1 Å². The Morgan fingerprint density at radius 2 is 1.85 bits per heavy atom. The van der Waals surface area contributed by atoms with Crippen LogP contribution in [0.2, 0.25) is 0 Å². The highest BCUT2D eigenvalue weighted by Gasteiger charge is 2.19. The number of hydrogen-bond donors (Lipinski definition) is 1. The molecule has 26 heavy (non-hydrogen) atoms. The number of piperazine rings is 1. The van der Waals surface area contributed by atoms with Crippen molar-refractivity contribution in [3.05, 3.63) is 59.7 Å². The Hall–Kier alpha value is -2.04. The van der Waals surface area contributed by atoms with Crippen LogP contribution in [0, 0.1) is 0 Å². The number of rotatable bonds is 4. The van der Waals surface area contributed by atoms with E-state index in [1.54, 1.807) is 0 Å². The van der Waals surface area contributed by atoms with Gasteiger partial charge < -0.3 is 10.2 Å². The fourth-order valence-corrected chi connectivity index (χ4v) is 5.21. The van der Waals surface area contributed by atoms with Gasteiger partial charge in [0.2, 0.25) is 0 Å². The molecule has 1 N–H and O–H groups in total. The highest BCUT2D eigenvalue weighted by Crippen LogP contribution is 2.32. The normalized spacial score (nSPS) is 17.5. The molecular weight excluding hydrogens is 338 g/mol. The molecule has 2 aromatic carbocycles. The fourth-order valence-electron chi connectivity index (χ4n) is 4.10. The van der Waals surface area contributed by atoms with Crippen molar-refractivity contribution in [2.75, 3.05) is 49.5 Å². The van der Waals surface area contributed by atoms with Crippen LogP contribution >= 0.6 is 11.3 Å². The summed E-state index contributed by atoms with van der Waals surface area (Å²) in [5.74, 6) is 0. The first kappa shape index (κ1) is 16.2. The van der Waals surface area contributed by atoms with E-state index in [9.17, 15) is 0 Å². The minimum atomic E-state index is 1.10. The standard InChI is InChI=1S/C22H25N3S/c1-2-4-21-19(3-1)16-22(26-21)25-13-11-24(12-14-25)10-8-17-5-6-18-7-9-23-20(18)15-17/h1-6,15-16,23H,7-14H2. The Morgan fingerprint density at radius 3 is 2.73 bits per heavy atom. The molecular formula is C22H25N3S. The van der Waals surface area contributed by atoms with Crippen LogP contribution in [0.4, 0.5) is 10.7 Å². The van der Waals surface area contributed by atoms with Crippen LogP contribution in [0.3, 0.4) is 0 Å². The molecule has 2 aliphatic heterocycles. The molecule has 3 heterocycles. The quantitative estimate of drug-likeness (QED) is 0.748. The molecule has 0 bridgehead atoms. The van der Waals surface area contributed by atoms with Crippen LogP contribution in [0.1, 0.15) is 11.1 Å². The average molecular weight is 364 g/mol. The lowest BCUT2D eigenvalue weighted by molar-refractivity contribution is 0.261. The molecule has 3 aromatic rings. The topological polar surface area (TPSA) is 18.5 Å². The maximum absolute atomic E-state index is 3.49. The Kier molecular flexibility index (Phi) is 4.31. The summed E-state index contributed by atoms with van der Waals surface area (Å²) in [5, 5.41) is 6.30. The van der Waals surface area contributed by atoms with Crippen molar-refractivity contribution in [2.45, 2.75) is 12.8 Å². The number of benzene rings is 2. The van der Waals surface area contributed by atoms with Crippen LogP contribution in [-0.4, -0.2) is 44.2 Å². The maximum Gasteiger partial charge on any atom is 0.0921 e. The van der Waals surface area contributed by atoms with Crippen molar-refractivity contribution < 1.29 is 0 Å². The smallest absolute Gasteiger partial charge is 0.0921 e. The molecule has 4 heteroatoms. The number of nitrogens with one attached hydrogen (secondary N) is 1. The zero-order valence-electron chi connectivity index (χ0n) is 15.1. The van der Waals surface area contributed by atoms with Gasteiger partial charge in [0.05, 0.1) is 5.00 Å². The van der Waals surface area contributed by atoms with Gasteiger partial charge >= 0.3 is 0 Å². The van der Waals surface area contributed by atoms with Gasteiger partial charge in [0, 0.05) is 49.7 Å². The maximum atomic E-state index is 3.49. The second-order valence-corrected chi connectivity index (χ2v) is 8.43. The van der Waals surface area contributed by atoms with E-state index in [2.05, 4.69) is 63.6 Å². The molecule has 134 valence electrons. The molecule has 5 rings (SSSR count). The molecule has 1 aromatic heterocycles. The number of anilines is 2. The fraction of sp³-hybridized carbons (Fsp3) is 0.364. The van der Waals surface area contributed by atoms with E-state index in [-0.39, 0.29) is 0 Å². The van der Waals surface area contributed by atoms with Gasteiger partial charge in [-0.15, -0.1) is 11.3 Å². The van der Waals surface area contributed by atoms with Crippen molar-refractivity contribution in [2.24, 2.45) is 0 Å². The molecule has 1 fully saturated rings. The predicted molar refractivity (Wildman–Crippen MR) is 113 cm³/mol. The average Bonchev–Trinajstić information content (AvgIpc) is 3.33. The first-order valence-electron chi connectivity index (χ1n) is 9.67. The molecule has 0 unspecified atom stereocenters. The summed E-state index contributed by atoms with van der Waals surface area (Å²) >= 11 is 1.93. The van der Waals surface area contributed by atoms with Gasteiger partial charge in [-0.25, -0.2) is 0 Å². The summed E-state index contributed by atoms with van der Waals surface area (Å²) in [5.41, 5.74) is 4.30. The largest absolute Gasteiger partial charge is 0.384 e. The monoisotopic (exact) mass is 363 g/mol. The molecule has 0 amide bonds. The van der Waals surface area contributed by atoms with Crippen LogP contribution in [0.5, 0.6) is 0 Å². The van der Waals surface area contributed by atoms with Gasteiger partial charge in [-0.2, -0.15) is 0 Å². The third kappa shape index (κ3) is 3.19. The lowest BCUT2D eigenvalue weighted by atomic mass is 10.1. The summed E-state index contributed by atoms with van der Waals surface area (Å²) in [6.45, 7) is 6.86. The van der Waals surface area contributed by atoms with Crippen LogP contribution in [0.25, 0.3) is 10.1 Å². The van der Waals surface area contributed by atoms with E-state index < -0.39 is 0 Å². The second-order valence-electron chi connectivity index (χ2n) is 7.37. The summed E-state index contributed by atoms with van der Waals surface area (Å²) in [4.78, 5) is 5.17. The molecule has 0 saturated carbocycles. The molecule has 0 atom stereocenters. The number of hydrogen-bond acceptors (Lipinski definition) is 4. The first-order valence-corrected chi connectivity index (χ1v) is 10.5. The van der Waals surface area contributed by atoms with E-state index in [0.29, 0.717) is 0 Å². The van der Waals surface area contributed by atoms with Crippen LogP contribution in [0.15, 0.2) is 48.5 Å². The van der Waals surface area contributed by atoms with Gasteiger partial charge in [0.1, 0.15) is 0 Å². The Labute approximate surface area is 159 Å². The minimum Gasteiger partial charge on any atom is -0.384 e. The highest BCUT2D eigenvalue weighted by atomic mass is 32.1. The van der Waals surface area contributed by atoms with E-state index in [1.807, 2.05) is 11.3 Å². The van der Waals surface area contributed by atoms with E-state index in [4.69, 9.17) is 0 Å². The van der Waals surface area contributed by atoms with Gasteiger partial charge in [0.15, 0.2) is 0 Å². The Bertz CT molecular complexity index is 876. The van der Waals surface area contributed by atoms with Crippen molar-refractivity contribution in [3.8, 4) is 0 Å². The van der Waals surface area contributed by atoms with Crippen molar-refractivity contribution in [3.63, 3.8) is 0 Å². The molecule has 2 aliphatic rings. The highest BCUT2D eigenvalue weighted by molar-refractivity contribution is 7.22. The number of thiophene rings is 1. The number of fused-ring (bicyclic) bond motifs is 2. The van der Waals surface area contributed by atoms with E-state index >= 15 is 0 Å². The molecule has 0 radical (unpaired) electrons. The molecule has 0 aliphatic carbocycles. The summed E-state index contributed by atoms with van der Waals surface area (Å²) in [6, 6.07) is 18.1. The Morgan fingerprint density at radius 1 is 0.962 bits per heavy atom. The zero-order valence-corrected chi connectivity index (χ0v) is 15.9. The molecule has 0 spiro atoms. The lowest BCUT2D eigenvalue weighted by Gasteiger charge is -2.35. The van der Waals surface area contributed by atoms with Gasteiger partial charge in [-0.1, -0.05) is 30.3 Å².